The molecule has 3 aliphatic rings. The smallest absolute Gasteiger partial charge is 1.00 e. The molecule has 0 atom stereocenters. The second kappa shape index (κ2) is 58.4. The van der Waals surface area contributed by atoms with Gasteiger partial charge in [0.15, 0.2) is 39.8 Å². The minimum Gasteiger partial charge on any atom is -1.00 e. The van der Waals surface area contributed by atoms with E-state index in [1.807, 2.05) is 74.5 Å². The fourth-order valence-corrected chi connectivity index (χ4v) is 18.2. The number of sulfone groups is 1. The maximum atomic E-state index is 14.7. The monoisotopic (exact) mass is 1920 g/mol. The van der Waals surface area contributed by atoms with Crippen LogP contribution in [0.1, 0.15) is 184 Å². The number of ketones is 2. The summed E-state index contributed by atoms with van der Waals surface area (Å²) in [6, 6.07) is 10.3. The van der Waals surface area contributed by atoms with Crippen LogP contribution >= 0.6 is 131 Å². The van der Waals surface area contributed by atoms with Crippen LogP contribution < -0.4 is 66.6 Å². The van der Waals surface area contributed by atoms with Gasteiger partial charge >= 0.3 is 29.6 Å². The molecule has 2 aromatic carbocycles. The Morgan fingerprint density at radius 2 is 1.01 bits per heavy atom. The molecule has 0 radical (unpaired) electrons. The number of anilines is 3. The van der Waals surface area contributed by atoms with Crippen molar-refractivity contribution in [3.63, 3.8) is 0 Å². The molecular weight excluding hydrogens is 1810 g/mol. The van der Waals surface area contributed by atoms with Gasteiger partial charge in [-0.25, -0.2) is 57.1 Å². The molecule has 0 spiro atoms. The Morgan fingerprint density at radius 3 is 1.33 bits per heavy atom. The number of aliphatic hydroxyl groups excluding tert-OH is 2. The number of nitrogens with zero attached hydrogens (tertiary/aromatic N) is 10. The quantitative estimate of drug-likeness (QED) is 0.0172. The second-order valence-corrected chi connectivity index (χ2v) is 38.3. The molecular formula is C78H119BrClF2N14NaO11S10. The number of aliphatic hydroxyl groups is 2. The Bertz CT molecular complexity index is 4610. The van der Waals surface area contributed by atoms with Crippen LogP contribution in [0.2, 0.25) is 4.47 Å². The first kappa shape index (κ1) is 115. The van der Waals surface area contributed by atoms with E-state index in [2.05, 4.69) is 156 Å². The van der Waals surface area contributed by atoms with Crippen LogP contribution in [0.4, 0.5) is 24.2 Å². The summed E-state index contributed by atoms with van der Waals surface area (Å²) in [7, 11) is -3.46. The number of fused-ring (bicyclic) bond motifs is 2. The van der Waals surface area contributed by atoms with Crippen LogP contribution in [-0.2, 0) is 19.4 Å². The van der Waals surface area contributed by atoms with Crippen LogP contribution in [-0.4, -0.2) is 179 Å². The molecule has 0 amide bonds. The molecule has 3 aliphatic heterocycles. The van der Waals surface area contributed by atoms with Gasteiger partial charge in [0.2, 0.25) is 5.88 Å². The van der Waals surface area contributed by atoms with Gasteiger partial charge in [-0.2, -0.15) is 0 Å². The van der Waals surface area contributed by atoms with Crippen molar-refractivity contribution in [2.75, 3.05) is 78.9 Å². The first-order chi connectivity index (χ1) is 53.0. The van der Waals surface area contributed by atoms with E-state index in [-0.39, 0.29) is 124 Å². The summed E-state index contributed by atoms with van der Waals surface area (Å²) in [6.07, 6.45) is 13.0. The van der Waals surface area contributed by atoms with Crippen LogP contribution in [0, 0.1) is 23.5 Å². The molecule has 10 aromatic rings. The standard InChI is InChI=1S/C24H25FN4OS3.C14H11FN2O2S3.C11H18N2OS.C6H8ClNS.C6H10N2S.C5H9BrO.C5H11NO.C5H10O.CH4N2S.CH4.Na.4H2O.H/c1-14(2)20-12-33-24(28-20)29-8-6-15(7-9-29)30-23-22-21(26-13-27-23)18(11-32-22)17-5-4-16(31-3)10-19(17)25;1-20-8-3-4-9(11(15)5-8)10-6-21-13-12(10)16-7-17-14(13)22(2,18)19;1-8(2)10-7-15-11(12-10)13-5-3-9(14)4-6-13;2*1-4(2)5-3-9-6(7)8-5;1-4(2)5(7)3-6;7-5-1-3-6-4-2-5;1-4(2)5(3)6;2-1(3)4;;;;;;;/h4-5,10-15H,6-9H2,1-3H3;3-7H,1-2H3;7-9,14H,3-6H2,1-2H3;3-4H,1-2H3;3-4H,1-2H3,(H2,7,8);4H,3H2,1-2H3;5-7H,1-4H2;4H,1-3H3;(H4,2,3,4);1H4;;4*1H2;/q;;;;;;;;;;+1;;;;;-1. The molecule has 3 fully saturated rings. The van der Waals surface area contributed by atoms with Crippen LogP contribution in [0.3, 0.4) is 0 Å². The summed E-state index contributed by atoms with van der Waals surface area (Å²) >= 11 is 24.9. The van der Waals surface area contributed by atoms with Gasteiger partial charge in [-0.05, 0) is 118 Å². The largest absolute Gasteiger partial charge is 1.00 e. The molecule has 656 valence electrons. The van der Waals surface area contributed by atoms with E-state index in [0.29, 0.717) is 71.4 Å². The summed E-state index contributed by atoms with van der Waals surface area (Å²) in [4.78, 5) is 61.4. The average Bonchev–Trinajstić information content (AvgIpc) is 1.64. The third kappa shape index (κ3) is 38.6. The number of thiazole rings is 4. The fraction of sp³-hybridized carbons (Fsp3) is 0.500. The Kier molecular flexibility index (Phi) is 57.1. The minimum absolute atomic E-state index is 0. The van der Waals surface area contributed by atoms with Gasteiger partial charge in [-0.3, -0.25) is 9.59 Å². The molecule has 0 saturated carbocycles. The first-order valence-electron chi connectivity index (χ1n) is 36.4. The third-order valence-electron chi connectivity index (χ3n) is 17.0. The number of hydrogen-bond acceptors (Lipinski definition) is 28. The Balaban J connectivity index is -0.00000137. The Labute approximate surface area is 769 Å². The van der Waals surface area contributed by atoms with Crippen LogP contribution in [0.15, 0.2) is 96.2 Å². The van der Waals surface area contributed by atoms with Crippen LogP contribution in [0.5, 0.6) is 5.88 Å². The molecule has 0 aliphatic carbocycles. The normalized spacial score (nSPS) is 13.2. The molecule has 11 heterocycles. The van der Waals surface area contributed by atoms with E-state index in [0.717, 1.165) is 137 Å². The van der Waals surface area contributed by atoms with E-state index < -0.39 is 9.84 Å². The van der Waals surface area contributed by atoms with E-state index in [1.54, 1.807) is 47.1 Å². The van der Waals surface area contributed by atoms with Crippen molar-refractivity contribution >= 4 is 194 Å². The molecule has 118 heavy (non-hydrogen) atoms. The van der Waals surface area contributed by atoms with E-state index in [4.69, 9.17) is 32.2 Å². The molecule has 0 unspecified atom stereocenters. The average molecular weight is 1930 g/mol. The van der Waals surface area contributed by atoms with Crippen molar-refractivity contribution in [1.82, 2.24) is 45.2 Å². The fourth-order valence-electron chi connectivity index (χ4n) is 9.88. The van der Waals surface area contributed by atoms with Gasteiger partial charge in [0, 0.05) is 121 Å². The molecule has 8 aromatic heterocycles. The first-order valence-corrected chi connectivity index (χ1v) is 47.9. The van der Waals surface area contributed by atoms with Gasteiger partial charge in [0.25, 0.3) is 0 Å². The molecule has 40 heteroatoms. The summed E-state index contributed by atoms with van der Waals surface area (Å²) in [5.41, 5.74) is 22.7. The number of halogens is 4. The zero-order chi connectivity index (χ0) is 83.1. The van der Waals surface area contributed by atoms with Gasteiger partial charge in [-0.1, -0.05) is 130 Å². The SMILES string of the molecule is C.CC(=O)C(C)C.CC(C)C(=O)CBr.CC(C)c1csc(Cl)n1.CC(C)c1csc(N)n1.CC(C)c1csc(N2CCC(O)CC2)n1.CSc1ccc(-c2csc3c(OC4CCN(c5nc(C(C)C)cs5)CC4)ncnc23)c(F)c1.CSc1ccc(-c2csc3c(S(C)(=O)=O)ncnc23)c(F)c1.NC(N)=S.O.O.O.O.OC1CCNCC1.[H-].[Na+]. The summed E-state index contributed by atoms with van der Waals surface area (Å²) in [5.74, 6) is 2.86. The number of thiocarbonyl (C=S) groups is 1. The number of carbonyl (C=O) groups is 2. The predicted octanol–water partition coefficient (Wildman–Crippen LogP) is 13.7. The number of Topliss-reactive ketones (excluding diaryl/α,β-unsaturated/α-hetero) is 2. The number of thioether (sulfide) groups is 2. The molecule has 13 rings (SSSR count). The number of alkyl halides is 1. The summed E-state index contributed by atoms with van der Waals surface area (Å²) in [5, 5.41) is 36.8. The van der Waals surface area contributed by atoms with Crippen molar-refractivity contribution in [1.29, 1.82) is 0 Å². The number of nitrogen functional groups attached to an aromatic ring is 1. The van der Waals surface area contributed by atoms with Crippen molar-refractivity contribution in [2.45, 2.75) is 193 Å². The maximum Gasteiger partial charge on any atom is 1.00 e. The predicted molar refractivity (Wildman–Crippen MR) is 500 cm³/mol. The number of aromatic nitrogens is 8. The molecule has 25 nitrogen and oxygen atoms in total. The molecule has 0 bridgehead atoms. The third-order valence-corrected chi connectivity index (χ3v) is 25.6. The number of nitrogens with one attached hydrogen (secondary N) is 1. The zero-order valence-electron chi connectivity index (χ0n) is 70.2. The number of carbonyl (C=O) groups excluding carboxylic acids is 2. The summed E-state index contributed by atoms with van der Waals surface area (Å²) < 4.78 is 60.9. The van der Waals surface area contributed by atoms with Crippen molar-refractivity contribution < 1.29 is 94.6 Å². The number of hydrogen-bond donors (Lipinski definition) is 6. The number of ether oxygens (including phenoxy) is 1. The summed E-state index contributed by atoms with van der Waals surface area (Å²) in [6.45, 7) is 31.9. The van der Waals surface area contributed by atoms with E-state index in [9.17, 15) is 31.9 Å². The number of nitrogens with two attached hydrogens (primary N) is 3. The van der Waals surface area contributed by atoms with Gasteiger partial charge in [-0.15, -0.1) is 91.5 Å². The van der Waals surface area contributed by atoms with Crippen molar-refractivity contribution in [3.05, 3.63) is 120 Å². The van der Waals surface area contributed by atoms with E-state index >= 15 is 0 Å². The maximum absolute atomic E-state index is 14.7. The Hall–Kier alpha value is -4.73. The van der Waals surface area contributed by atoms with Gasteiger partial charge < -0.3 is 70.6 Å². The van der Waals surface area contributed by atoms with Gasteiger partial charge in [0.05, 0.1) is 56.0 Å². The second-order valence-electron chi connectivity index (χ2n) is 27.8. The Morgan fingerprint density at radius 1 is 0.619 bits per heavy atom. The minimum atomic E-state index is -3.46. The van der Waals surface area contributed by atoms with Crippen molar-refractivity contribution in [3.8, 4) is 28.1 Å². The number of piperidine rings is 3. The number of rotatable bonds is 16. The number of thiophene rings is 2. The molecule has 17 N–H and O–H groups in total. The van der Waals surface area contributed by atoms with Crippen molar-refractivity contribution in [2.24, 2.45) is 23.3 Å². The zero-order valence-corrected chi connectivity index (χ0v) is 81.7. The van der Waals surface area contributed by atoms with Crippen LogP contribution in [0.25, 0.3) is 42.7 Å². The topological polar surface area (TPSA) is 444 Å². The molecule has 3 saturated heterocycles. The van der Waals surface area contributed by atoms with E-state index in [1.165, 1.54) is 93.3 Å². The number of benzene rings is 2. The van der Waals surface area contributed by atoms with Gasteiger partial charge in [0.1, 0.15) is 46.7 Å².